The van der Waals surface area contributed by atoms with Crippen molar-refractivity contribution in [3.63, 3.8) is 0 Å². The number of nitrogens with zero attached hydrogens (tertiary/aromatic N) is 1. The van der Waals surface area contributed by atoms with Gasteiger partial charge in [-0.1, -0.05) is 90.5 Å². The van der Waals surface area contributed by atoms with Crippen molar-refractivity contribution in [2.75, 3.05) is 18.1 Å². The fraction of sp³-hybridized carbons (Fsp3) is 0.143. The molecule has 0 fully saturated rings. The number of benzene rings is 4. The van der Waals surface area contributed by atoms with Gasteiger partial charge in [0.2, 0.25) is 0 Å². The quantitative estimate of drug-likeness (QED) is 0.258. The van der Waals surface area contributed by atoms with Gasteiger partial charge in [-0.15, -0.1) is 0 Å². The van der Waals surface area contributed by atoms with Crippen LogP contribution in [0.2, 0.25) is 0 Å². The second kappa shape index (κ2) is 10.9. The zero-order chi connectivity index (χ0) is 25.7. The summed E-state index contributed by atoms with van der Waals surface area (Å²) in [4.78, 5) is 2.27. The highest BCUT2D eigenvalue weighted by Crippen LogP contribution is 2.36. The molecule has 4 aromatic rings. The SMILES string of the molecule is Cc1ccc(/C=C/c2ccc(N(/C=C3\CCOc4ccccc43)/C=C3\CCOc4ccccc43)cc2)cc1. The Morgan fingerprint density at radius 1 is 0.579 bits per heavy atom. The van der Waals surface area contributed by atoms with Gasteiger partial charge in [-0.25, -0.2) is 0 Å². The Bertz CT molecular complexity index is 1440. The molecule has 2 aliphatic heterocycles. The maximum Gasteiger partial charge on any atom is 0.126 e. The summed E-state index contributed by atoms with van der Waals surface area (Å²) < 4.78 is 11.8. The van der Waals surface area contributed by atoms with E-state index in [-0.39, 0.29) is 0 Å². The summed E-state index contributed by atoms with van der Waals surface area (Å²) in [6.07, 6.45) is 10.6. The lowest BCUT2D eigenvalue weighted by Crippen LogP contribution is -2.15. The van der Waals surface area contributed by atoms with Gasteiger partial charge in [0, 0.05) is 42.1 Å². The summed E-state index contributed by atoms with van der Waals surface area (Å²) in [6, 6.07) is 33.9. The van der Waals surface area contributed by atoms with Gasteiger partial charge in [0.25, 0.3) is 0 Å². The van der Waals surface area contributed by atoms with E-state index in [1.165, 1.54) is 27.8 Å². The lowest BCUT2D eigenvalue weighted by atomic mass is 9.99. The third kappa shape index (κ3) is 5.28. The molecule has 0 N–H and O–H groups in total. The van der Waals surface area contributed by atoms with Crippen molar-refractivity contribution >= 4 is 29.0 Å². The first kappa shape index (κ1) is 23.9. The predicted octanol–water partition coefficient (Wildman–Crippen LogP) is 8.62. The van der Waals surface area contributed by atoms with Gasteiger partial charge in [0.15, 0.2) is 0 Å². The van der Waals surface area contributed by atoms with E-state index < -0.39 is 0 Å². The topological polar surface area (TPSA) is 21.7 Å². The van der Waals surface area contributed by atoms with E-state index in [9.17, 15) is 0 Å². The Balaban J connectivity index is 1.36. The molecule has 4 aromatic carbocycles. The molecule has 3 nitrogen and oxygen atoms in total. The van der Waals surface area contributed by atoms with Gasteiger partial charge in [-0.2, -0.15) is 0 Å². The number of ether oxygens (including phenoxy) is 2. The van der Waals surface area contributed by atoms with Crippen molar-refractivity contribution in [2.45, 2.75) is 19.8 Å². The van der Waals surface area contributed by atoms with Crippen LogP contribution in [0.3, 0.4) is 0 Å². The molecule has 0 spiro atoms. The number of hydrogen-bond acceptors (Lipinski definition) is 3. The molecule has 0 radical (unpaired) electrons. The standard InChI is InChI=1S/C35H31NO2/c1-26-10-12-27(13-11-26)14-15-28-16-18-31(19-17-28)36(24-29-20-22-37-34-8-4-2-6-32(29)34)25-30-21-23-38-35-9-5-3-7-33(30)35/h2-19,24-25H,20-23H2,1H3/b15-14+,29-24+,30-25+. The number of hydrogen-bond donors (Lipinski definition) is 0. The summed E-state index contributed by atoms with van der Waals surface area (Å²) in [7, 11) is 0. The maximum absolute atomic E-state index is 5.92. The van der Waals surface area contributed by atoms with Crippen LogP contribution in [-0.4, -0.2) is 13.2 Å². The third-order valence-electron chi connectivity index (χ3n) is 7.05. The average Bonchev–Trinajstić information content (AvgIpc) is 2.97. The fourth-order valence-electron chi connectivity index (χ4n) is 4.94. The maximum atomic E-state index is 5.92. The van der Waals surface area contributed by atoms with E-state index in [0.717, 1.165) is 41.2 Å². The van der Waals surface area contributed by atoms with Gasteiger partial charge in [0.05, 0.1) is 13.2 Å². The van der Waals surface area contributed by atoms with Crippen LogP contribution in [0.4, 0.5) is 5.69 Å². The summed E-state index contributed by atoms with van der Waals surface area (Å²) >= 11 is 0. The molecule has 0 amide bonds. The molecule has 0 aromatic heterocycles. The van der Waals surface area contributed by atoms with Crippen molar-refractivity contribution in [1.82, 2.24) is 0 Å². The zero-order valence-electron chi connectivity index (χ0n) is 21.6. The molecule has 0 saturated carbocycles. The summed E-state index contributed by atoms with van der Waals surface area (Å²) in [6.45, 7) is 3.49. The van der Waals surface area contributed by atoms with Gasteiger partial charge >= 0.3 is 0 Å². The smallest absolute Gasteiger partial charge is 0.126 e. The summed E-state index contributed by atoms with van der Waals surface area (Å²) in [5.41, 5.74) is 9.62. The first-order chi connectivity index (χ1) is 18.7. The molecule has 3 heteroatoms. The third-order valence-corrected chi connectivity index (χ3v) is 7.05. The van der Waals surface area contributed by atoms with E-state index in [1.807, 2.05) is 12.1 Å². The minimum atomic E-state index is 0.687. The first-order valence-corrected chi connectivity index (χ1v) is 13.2. The van der Waals surface area contributed by atoms with Crippen LogP contribution in [0.5, 0.6) is 11.5 Å². The van der Waals surface area contributed by atoms with Crippen LogP contribution in [0.1, 0.15) is 40.7 Å². The molecule has 2 heterocycles. The molecule has 0 atom stereocenters. The molecule has 0 aliphatic carbocycles. The van der Waals surface area contributed by atoms with E-state index >= 15 is 0 Å². The molecule has 188 valence electrons. The number of anilines is 1. The van der Waals surface area contributed by atoms with Crippen molar-refractivity contribution in [1.29, 1.82) is 0 Å². The Kier molecular flexibility index (Phi) is 6.82. The minimum Gasteiger partial charge on any atom is -0.493 e. The second-order valence-electron chi connectivity index (χ2n) is 9.74. The number of para-hydroxylation sites is 2. The molecule has 2 aliphatic rings. The predicted molar refractivity (Wildman–Crippen MR) is 158 cm³/mol. The van der Waals surface area contributed by atoms with E-state index in [1.54, 1.807) is 0 Å². The Morgan fingerprint density at radius 2 is 1.05 bits per heavy atom. The van der Waals surface area contributed by atoms with Gasteiger partial charge < -0.3 is 14.4 Å². The van der Waals surface area contributed by atoms with Crippen molar-refractivity contribution in [3.8, 4) is 11.5 Å². The molecular formula is C35H31NO2. The van der Waals surface area contributed by atoms with Crippen LogP contribution in [-0.2, 0) is 0 Å². The van der Waals surface area contributed by atoms with Crippen LogP contribution in [0, 0.1) is 6.92 Å². The summed E-state index contributed by atoms with van der Waals surface area (Å²) in [5.74, 6) is 1.90. The van der Waals surface area contributed by atoms with Crippen LogP contribution in [0.15, 0.2) is 109 Å². The largest absolute Gasteiger partial charge is 0.493 e. The fourth-order valence-corrected chi connectivity index (χ4v) is 4.94. The van der Waals surface area contributed by atoms with Gasteiger partial charge in [-0.05, 0) is 53.5 Å². The highest BCUT2D eigenvalue weighted by molar-refractivity contribution is 5.79. The Morgan fingerprint density at radius 3 is 1.58 bits per heavy atom. The Hall–Kier alpha value is -4.50. The van der Waals surface area contributed by atoms with Crippen LogP contribution >= 0.6 is 0 Å². The number of rotatable bonds is 5. The lowest BCUT2D eigenvalue weighted by molar-refractivity contribution is 0.316. The van der Waals surface area contributed by atoms with Crippen molar-refractivity contribution in [3.05, 3.63) is 137 Å². The monoisotopic (exact) mass is 497 g/mol. The lowest BCUT2D eigenvalue weighted by Gasteiger charge is -2.26. The minimum absolute atomic E-state index is 0.687. The molecule has 6 rings (SSSR count). The first-order valence-electron chi connectivity index (χ1n) is 13.2. The highest BCUT2D eigenvalue weighted by atomic mass is 16.5. The molecule has 0 saturated heterocycles. The normalized spacial score (nSPS) is 16.6. The molecule has 38 heavy (non-hydrogen) atoms. The zero-order valence-corrected chi connectivity index (χ0v) is 21.6. The Labute approximate surface area is 225 Å². The number of aryl methyl sites for hydroxylation is 1. The van der Waals surface area contributed by atoms with Gasteiger partial charge in [0.1, 0.15) is 11.5 Å². The summed E-state index contributed by atoms with van der Waals surface area (Å²) in [5, 5.41) is 0. The van der Waals surface area contributed by atoms with Crippen molar-refractivity contribution < 1.29 is 9.47 Å². The average molecular weight is 498 g/mol. The molecule has 0 bridgehead atoms. The highest BCUT2D eigenvalue weighted by Gasteiger charge is 2.18. The van der Waals surface area contributed by atoms with E-state index in [2.05, 4.69) is 121 Å². The number of fused-ring (bicyclic) bond motifs is 2. The van der Waals surface area contributed by atoms with Crippen LogP contribution < -0.4 is 14.4 Å². The van der Waals surface area contributed by atoms with Gasteiger partial charge in [-0.3, -0.25) is 0 Å². The van der Waals surface area contributed by atoms with E-state index in [4.69, 9.17) is 9.47 Å². The molecule has 0 unspecified atom stereocenters. The van der Waals surface area contributed by atoms with E-state index in [0.29, 0.717) is 13.2 Å². The van der Waals surface area contributed by atoms with Crippen molar-refractivity contribution in [2.24, 2.45) is 0 Å². The second-order valence-corrected chi connectivity index (χ2v) is 9.74. The van der Waals surface area contributed by atoms with Crippen LogP contribution in [0.25, 0.3) is 23.3 Å². The molecular weight excluding hydrogens is 466 g/mol.